The molecule has 0 bridgehead atoms. The Morgan fingerprint density at radius 3 is 1.95 bits per heavy atom. The average Bonchev–Trinajstić information content (AvgIpc) is 2.87. The monoisotopic (exact) mass is 315 g/mol. The highest BCUT2D eigenvalue weighted by Gasteiger charge is 2.44. The zero-order valence-electron chi connectivity index (χ0n) is 14.3. The van der Waals surface area contributed by atoms with E-state index >= 15 is 0 Å². The lowest BCUT2D eigenvalue weighted by Crippen LogP contribution is -2.21. The van der Waals surface area contributed by atoms with E-state index < -0.39 is 7.26 Å². The summed E-state index contributed by atoms with van der Waals surface area (Å²) in [6, 6.07) is 9.17. The van der Waals surface area contributed by atoms with E-state index in [9.17, 15) is 0 Å². The van der Waals surface area contributed by atoms with E-state index in [1.165, 1.54) is 76.2 Å². The molecule has 0 saturated heterocycles. The minimum absolute atomic E-state index is 0.937. The Morgan fingerprint density at radius 2 is 1.32 bits per heavy atom. The molecule has 1 unspecified atom stereocenters. The van der Waals surface area contributed by atoms with Crippen molar-refractivity contribution in [2.45, 2.75) is 76.3 Å². The number of fused-ring (bicyclic) bond motifs is 1. The first-order valence-electron chi connectivity index (χ1n) is 9.45. The van der Waals surface area contributed by atoms with Crippen molar-refractivity contribution >= 4 is 18.6 Å². The van der Waals surface area contributed by atoms with Crippen LogP contribution in [0.25, 0.3) is 6.08 Å². The molecule has 1 heterocycles. The summed E-state index contributed by atoms with van der Waals surface area (Å²) in [4.78, 5) is 0. The van der Waals surface area contributed by atoms with Crippen molar-refractivity contribution in [2.75, 3.05) is 6.66 Å². The maximum Gasteiger partial charge on any atom is 0.106 e. The molecular weight excluding hydrogens is 283 g/mol. The zero-order chi connectivity index (χ0) is 15.3. The van der Waals surface area contributed by atoms with Crippen LogP contribution in [0, 0.1) is 0 Å². The predicted octanol–water partition coefficient (Wildman–Crippen LogP) is 6.62. The number of rotatable bonds is 1. The molecule has 1 heteroatoms. The van der Waals surface area contributed by atoms with Crippen LogP contribution in [0.15, 0.2) is 30.1 Å². The van der Waals surface area contributed by atoms with Crippen LogP contribution in [0.5, 0.6) is 0 Å². The van der Waals surface area contributed by atoms with E-state index in [-0.39, 0.29) is 0 Å². The van der Waals surface area contributed by atoms with Gasteiger partial charge in [0.25, 0.3) is 0 Å². The molecule has 1 aromatic rings. The van der Waals surface area contributed by atoms with E-state index in [1.54, 1.807) is 5.30 Å². The molecular formula is C21H32P+. The Balaban J connectivity index is 1.73. The van der Waals surface area contributed by atoms with Crippen LogP contribution in [0.4, 0.5) is 0 Å². The highest BCUT2D eigenvalue weighted by atomic mass is 31.2. The second-order valence-electron chi connectivity index (χ2n) is 7.43. The van der Waals surface area contributed by atoms with Crippen molar-refractivity contribution in [1.82, 2.24) is 0 Å². The van der Waals surface area contributed by atoms with Crippen LogP contribution in [-0.4, -0.2) is 12.3 Å². The fourth-order valence-corrected chi connectivity index (χ4v) is 8.20. The second-order valence-corrected chi connectivity index (χ2v) is 11.2. The molecule has 1 fully saturated rings. The Hall–Kier alpha value is -0.610. The molecule has 1 saturated carbocycles. The van der Waals surface area contributed by atoms with Gasteiger partial charge in [0.15, 0.2) is 0 Å². The molecule has 2 aliphatic rings. The van der Waals surface area contributed by atoms with Gasteiger partial charge in [0.2, 0.25) is 0 Å². The standard InChI is InChI=1S/C21H32P/c1-22(18-17-19-13-11-12-16-21(19)22)20-14-9-7-5-3-2-4-6-8-10-15-20/h11-13,16-18,20H,2-10,14-15H2,1H3/q+1. The molecule has 0 nitrogen and oxygen atoms in total. The van der Waals surface area contributed by atoms with Gasteiger partial charge in [0.1, 0.15) is 5.30 Å². The first-order chi connectivity index (χ1) is 10.8. The molecule has 1 aromatic carbocycles. The van der Waals surface area contributed by atoms with Gasteiger partial charge in [-0.25, -0.2) is 0 Å². The molecule has 0 aromatic heterocycles. The lowest BCUT2D eigenvalue weighted by molar-refractivity contribution is 0.507. The van der Waals surface area contributed by atoms with Gasteiger partial charge in [-0.15, -0.1) is 0 Å². The first kappa shape index (κ1) is 16.3. The summed E-state index contributed by atoms with van der Waals surface area (Å²) in [6.45, 7) is 2.60. The summed E-state index contributed by atoms with van der Waals surface area (Å²) in [5, 5.41) is 1.69. The molecule has 1 atom stereocenters. The van der Waals surface area contributed by atoms with Crippen molar-refractivity contribution in [3.05, 3.63) is 35.6 Å². The highest BCUT2D eigenvalue weighted by molar-refractivity contribution is 7.86. The molecule has 0 amide bonds. The lowest BCUT2D eigenvalue weighted by Gasteiger charge is -2.27. The summed E-state index contributed by atoms with van der Waals surface area (Å²) in [7, 11) is -1.07. The van der Waals surface area contributed by atoms with E-state index in [2.05, 4.69) is 42.8 Å². The van der Waals surface area contributed by atoms with Crippen molar-refractivity contribution in [2.24, 2.45) is 0 Å². The Bertz CT molecular complexity index is 492. The van der Waals surface area contributed by atoms with Gasteiger partial charge in [-0.3, -0.25) is 0 Å². The first-order valence-corrected chi connectivity index (χ1v) is 11.8. The van der Waals surface area contributed by atoms with Crippen molar-refractivity contribution in [1.29, 1.82) is 0 Å². The average molecular weight is 315 g/mol. The van der Waals surface area contributed by atoms with Gasteiger partial charge in [-0.1, -0.05) is 63.1 Å². The SMILES string of the molecule is C[P+]1(C2CCCCCCCCCCC2)C=Cc2ccccc21. The van der Waals surface area contributed by atoms with Gasteiger partial charge in [-0.05, 0) is 37.8 Å². The van der Waals surface area contributed by atoms with E-state index in [1.807, 2.05) is 0 Å². The normalized spacial score (nSPS) is 27.9. The van der Waals surface area contributed by atoms with Crippen LogP contribution >= 0.6 is 7.26 Å². The van der Waals surface area contributed by atoms with Crippen LogP contribution in [0.3, 0.4) is 0 Å². The highest BCUT2D eigenvalue weighted by Crippen LogP contribution is 2.66. The Kier molecular flexibility index (Phi) is 5.75. The molecule has 1 aliphatic heterocycles. The quantitative estimate of drug-likeness (QED) is 0.511. The number of hydrogen-bond acceptors (Lipinski definition) is 0. The fourth-order valence-electron chi connectivity index (χ4n) is 4.38. The molecule has 0 N–H and O–H groups in total. The number of hydrogen-bond donors (Lipinski definition) is 0. The molecule has 0 radical (unpaired) electrons. The molecule has 22 heavy (non-hydrogen) atoms. The fraction of sp³-hybridized carbons (Fsp3) is 0.619. The summed E-state index contributed by atoms with van der Waals surface area (Å²) < 4.78 is 0. The minimum atomic E-state index is -1.07. The van der Waals surface area contributed by atoms with Gasteiger partial charge >= 0.3 is 0 Å². The molecule has 3 rings (SSSR count). The maximum absolute atomic E-state index is 2.62. The van der Waals surface area contributed by atoms with Crippen molar-refractivity contribution in [3.63, 3.8) is 0 Å². The van der Waals surface area contributed by atoms with Crippen LogP contribution in [0.2, 0.25) is 0 Å². The van der Waals surface area contributed by atoms with Gasteiger partial charge < -0.3 is 0 Å². The number of benzene rings is 1. The zero-order valence-corrected chi connectivity index (χ0v) is 15.2. The third-order valence-corrected chi connectivity index (χ3v) is 10.1. The van der Waals surface area contributed by atoms with Crippen molar-refractivity contribution in [3.8, 4) is 0 Å². The lowest BCUT2D eigenvalue weighted by atomic mass is 10.0. The summed E-state index contributed by atoms with van der Waals surface area (Å²) >= 11 is 0. The van der Waals surface area contributed by atoms with Gasteiger partial charge in [0.05, 0.1) is 25.4 Å². The summed E-state index contributed by atoms with van der Waals surface area (Å²) in [5.74, 6) is 2.62. The van der Waals surface area contributed by atoms with Crippen LogP contribution in [0.1, 0.15) is 76.2 Å². The Morgan fingerprint density at radius 1 is 0.773 bits per heavy atom. The molecule has 0 spiro atoms. The Labute approximate surface area is 137 Å². The van der Waals surface area contributed by atoms with Gasteiger partial charge in [-0.2, -0.15) is 0 Å². The minimum Gasteiger partial charge on any atom is -0.0614 e. The third kappa shape index (κ3) is 3.65. The van der Waals surface area contributed by atoms with Crippen LogP contribution in [-0.2, 0) is 0 Å². The largest absolute Gasteiger partial charge is 0.106 e. The summed E-state index contributed by atoms with van der Waals surface area (Å²) in [5.41, 5.74) is 2.44. The topological polar surface area (TPSA) is 0 Å². The van der Waals surface area contributed by atoms with Gasteiger partial charge in [0, 0.05) is 5.56 Å². The van der Waals surface area contributed by atoms with E-state index in [4.69, 9.17) is 0 Å². The maximum atomic E-state index is 2.62. The second kappa shape index (κ2) is 7.78. The van der Waals surface area contributed by atoms with Crippen molar-refractivity contribution < 1.29 is 0 Å². The van der Waals surface area contributed by atoms with E-state index in [0.717, 1.165) is 5.66 Å². The van der Waals surface area contributed by atoms with E-state index in [0.29, 0.717) is 0 Å². The van der Waals surface area contributed by atoms with Crippen LogP contribution < -0.4 is 5.30 Å². The molecule has 120 valence electrons. The molecule has 1 aliphatic carbocycles. The summed E-state index contributed by atoms with van der Waals surface area (Å²) in [6.07, 6.45) is 18.5. The smallest absolute Gasteiger partial charge is 0.0614 e. The third-order valence-electron chi connectivity index (χ3n) is 5.85. The predicted molar refractivity (Wildman–Crippen MR) is 103 cm³/mol.